The van der Waals surface area contributed by atoms with E-state index in [0.717, 1.165) is 24.9 Å². The van der Waals surface area contributed by atoms with Crippen LogP contribution in [0.25, 0.3) is 0 Å². The summed E-state index contributed by atoms with van der Waals surface area (Å²) in [6.07, 6.45) is 1.63. The van der Waals surface area contributed by atoms with E-state index < -0.39 is 6.04 Å². The van der Waals surface area contributed by atoms with E-state index in [1.165, 1.54) is 0 Å². The van der Waals surface area contributed by atoms with Gasteiger partial charge in [-0.3, -0.25) is 14.5 Å². The molecule has 2 atom stereocenters. The first-order valence-corrected chi connectivity index (χ1v) is 10.6. The molecule has 0 bridgehead atoms. The van der Waals surface area contributed by atoms with Crippen molar-refractivity contribution >= 4 is 17.6 Å². The third-order valence-electron chi connectivity index (χ3n) is 5.25. The van der Waals surface area contributed by atoms with Crippen LogP contribution < -0.4 is 10.1 Å². The van der Waals surface area contributed by atoms with Gasteiger partial charge >= 0.3 is 5.97 Å². The Labute approximate surface area is 178 Å². The van der Waals surface area contributed by atoms with Gasteiger partial charge in [-0.15, -0.1) is 0 Å². The Morgan fingerprint density at radius 3 is 2.53 bits per heavy atom. The first-order valence-electron chi connectivity index (χ1n) is 10.6. The molecular formula is C24H30N2O4. The molecule has 0 aromatic heterocycles. The molecule has 1 N–H and O–H groups in total. The largest absolute Gasteiger partial charge is 0.492 e. The van der Waals surface area contributed by atoms with Gasteiger partial charge in [-0.1, -0.05) is 42.5 Å². The summed E-state index contributed by atoms with van der Waals surface area (Å²) in [4.78, 5) is 27.8. The van der Waals surface area contributed by atoms with Gasteiger partial charge in [0, 0.05) is 6.54 Å². The van der Waals surface area contributed by atoms with Gasteiger partial charge in [0.15, 0.2) is 0 Å². The standard InChI is InChI=1S/C24H30N2O4/c1-3-29-21-15-9-8-14-20(21)25-23(27)22(18-11-6-5-7-12-18)26-16-10-13-19(17-26)24(28)30-4-2/h5-9,11-12,14-15,19,22H,3-4,10,13,16-17H2,1-2H3,(H,25,27)/t19-,22+/m0/s1. The van der Waals surface area contributed by atoms with Gasteiger partial charge in [-0.05, 0) is 50.9 Å². The topological polar surface area (TPSA) is 67.9 Å². The van der Waals surface area contributed by atoms with Crippen molar-refractivity contribution in [2.24, 2.45) is 5.92 Å². The maximum Gasteiger partial charge on any atom is 0.310 e. The number of hydrogen-bond donors (Lipinski definition) is 1. The van der Waals surface area contributed by atoms with Gasteiger partial charge in [0.25, 0.3) is 0 Å². The predicted octanol–water partition coefficient (Wildman–Crippen LogP) is 4.04. The number of carbonyl (C=O) groups is 2. The van der Waals surface area contributed by atoms with Gasteiger partial charge < -0.3 is 14.8 Å². The molecule has 1 aliphatic heterocycles. The Hall–Kier alpha value is -2.86. The Bertz CT molecular complexity index is 840. The third kappa shape index (κ3) is 5.39. The zero-order valence-corrected chi connectivity index (χ0v) is 17.7. The van der Waals surface area contributed by atoms with Crippen molar-refractivity contribution < 1.29 is 19.1 Å². The lowest BCUT2D eigenvalue weighted by molar-refractivity contribution is -0.151. The highest BCUT2D eigenvalue weighted by Gasteiger charge is 2.35. The van der Waals surface area contributed by atoms with Crippen molar-refractivity contribution in [3.63, 3.8) is 0 Å². The fourth-order valence-electron chi connectivity index (χ4n) is 3.91. The first-order chi connectivity index (χ1) is 14.6. The Balaban J connectivity index is 1.85. The number of nitrogens with one attached hydrogen (secondary N) is 1. The number of rotatable bonds is 8. The molecular weight excluding hydrogens is 380 g/mol. The van der Waals surface area contributed by atoms with Crippen molar-refractivity contribution in [1.29, 1.82) is 0 Å². The second kappa shape index (κ2) is 10.8. The van der Waals surface area contributed by atoms with E-state index in [1.807, 2.05) is 68.4 Å². The fourth-order valence-corrected chi connectivity index (χ4v) is 3.91. The zero-order chi connectivity index (χ0) is 21.3. The highest BCUT2D eigenvalue weighted by atomic mass is 16.5. The van der Waals surface area contributed by atoms with Crippen molar-refractivity contribution in [3.05, 3.63) is 60.2 Å². The molecule has 1 fully saturated rings. The van der Waals surface area contributed by atoms with Gasteiger partial charge in [-0.2, -0.15) is 0 Å². The molecule has 160 valence electrons. The molecule has 6 heteroatoms. The van der Waals surface area contributed by atoms with Crippen molar-refractivity contribution in [1.82, 2.24) is 4.90 Å². The van der Waals surface area contributed by atoms with Crippen LogP contribution in [-0.4, -0.2) is 43.1 Å². The summed E-state index contributed by atoms with van der Waals surface area (Å²) in [6, 6.07) is 16.6. The van der Waals surface area contributed by atoms with Crippen LogP contribution in [0, 0.1) is 5.92 Å². The van der Waals surface area contributed by atoms with Gasteiger partial charge in [0.05, 0.1) is 24.8 Å². The highest BCUT2D eigenvalue weighted by molar-refractivity contribution is 5.96. The quantitative estimate of drug-likeness (QED) is 0.665. The van der Waals surface area contributed by atoms with E-state index in [1.54, 1.807) is 0 Å². The lowest BCUT2D eigenvalue weighted by Crippen LogP contribution is -2.45. The van der Waals surface area contributed by atoms with Crippen LogP contribution in [0.2, 0.25) is 0 Å². The van der Waals surface area contributed by atoms with Crippen LogP contribution >= 0.6 is 0 Å². The summed E-state index contributed by atoms with van der Waals surface area (Å²) in [6.45, 7) is 5.85. The highest BCUT2D eigenvalue weighted by Crippen LogP contribution is 2.31. The van der Waals surface area contributed by atoms with Crippen molar-refractivity contribution in [3.8, 4) is 5.75 Å². The summed E-state index contributed by atoms with van der Waals surface area (Å²) in [5.74, 6) is 0.102. The van der Waals surface area contributed by atoms with E-state index in [-0.39, 0.29) is 17.8 Å². The summed E-state index contributed by atoms with van der Waals surface area (Å²) in [5.41, 5.74) is 1.54. The number of nitrogens with zero attached hydrogens (tertiary/aromatic N) is 1. The van der Waals surface area contributed by atoms with Crippen LogP contribution in [0.15, 0.2) is 54.6 Å². The van der Waals surface area contributed by atoms with Gasteiger partial charge in [0.1, 0.15) is 11.8 Å². The number of esters is 1. The predicted molar refractivity (Wildman–Crippen MR) is 116 cm³/mol. The maximum absolute atomic E-state index is 13.4. The smallest absolute Gasteiger partial charge is 0.310 e. The van der Waals surface area contributed by atoms with Gasteiger partial charge in [-0.25, -0.2) is 0 Å². The molecule has 2 aromatic rings. The lowest BCUT2D eigenvalue weighted by atomic mass is 9.94. The van der Waals surface area contributed by atoms with Crippen LogP contribution in [-0.2, 0) is 14.3 Å². The SMILES string of the molecule is CCOC(=O)[C@H]1CCCN([C@@H](C(=O)Nc2ccccc2OCC)c2ccccc2)C1. The minimum Gasteiger partial charge on any atom is -0.492 e. The van der Waals surface area contributed by atoms with E-state index in [2.05, 4.69) is 10.2 Å². The third-order valence-corrected chi connectivity index (χ3v) is 5.25. The Morgan fingerprint density at radius 1 is 1.07 bits per heavy atom. The summed E-state index contributed by atoms with van der Waals surface area (Å²) >= 11 is 0. The summed E-state index contributed by atoms with van der Waals surface area (Å²) in [7, 11) is 0. The molecule has 0 radical (unpaired) electrons. The molecule has 1 heterocycles. The fraction of sp³-hybridized carbons (Fsp3) is 0.417. The molecule has 3 rings (SSSR count). The number of para-hydroxylation sites is 2. The lowest BCUT2D eigenvalue weighted by Gasteiger charge is -2.37. The minimum atomic E-state index is -0.502. The molecule has 0 saturated carbocycles. The number of likely N-dealkylation sites (tertiary alicyclic amines) is 1. The number of hydrogen-bond acceptors (Lipinski definition) is 5. The van der Waals surface area contributed by atoms with E-state index >= 15 is 0 Å². The van der Waals surface area contributed by atoms with E-state index in [4.69, 9.17) is 9.47 Å². The van der Waals surface area contributed by atoms with Crippen LogP contribution in [0.1, 0.15) is 38.3 Å². The van der Waals surface area contributed by atoms with Crippen molar-refractivity contribution in [2.45, 2.75) is 32.7 Å². The number of carbonyl (C=O) groups excluding carboxylic acids is 2. The maximum atomic E-state index is 13.4. The number of piperidine rings is 1. The first kappa shape index (κ1) is 21.8. The molecule has 1 aliphatic rings. The zero-order valence-electron chi connectivity index (χ0n) is 17.7. The number of anilines is 1. The number of ether oxygens (including phenoxy) is 2. The number of benzene rings is 2. The molecule has 2 aromatic carbocycles. The molecule has 0 aliphatic carbocycles. The van der Waals surface area contributed by atoms with Crippen molar-refractivity contribution in [2.75, 3.05) is 31.6 Å². The molecule has 0 spiro atoms. The monoisotopic (exact) mass is 410 g/mol. The Kier molecular flexibility index (Phi) is 7.85. The average molecular weight is 411 g/mol. The number of amides is 1. The summed E-state index contributed by atoms with van der Waals surface area (Å²) < 4.78 is 10.9. The van der Waals surface area contributed by atoms with Crippen LogP contribution in [0.5, 0.6) is 5.75 Å². The molecule has 1 saturated heterocycles. The normalized spacial score (nSPS) is 17.7. The van der Waals surface area contributed by atoms with Crippen LogP contribution in [0.4, 0.5) is 5.69 Å². The molecule has 30 heavy (non-hydrogen) atoms. The minimum absolute atomic E-state index is 0.141. The van der Waals surface area contributed by atoms with E-state index in [0.29, 0.717) is 31.2 Å². The molecule has 6 nitrogen and oxygen atoms in total. The summed E-state index contributed by atoms with van der Waals surface area (Å²) in [5, 5.41) is 3.04. The van der Waals surface area contributed by atoms with E-state index in [9.17, 15) is 9.59 Å². The second-order valence-electron chi connectivity index (χ2n) is 7.32. The van der Waals surface area contributed by atoms with Crippen LogP contribution in [0.3, 0.4) is 0 Å². The van der Waals surface area contributed by atoms with Gasteiger partial charge in [0.2, 0.25) is 5.91 Å². The Morgan fingerprint density at radius 2 is 1.80 bits per heavy atom. The average Bonchev–Trinajstić information content (AvgIpc) is 2.77. The second-order valence-corrected chi connectivity index (χ2v) is 7.32. The molecule has 1 amide bonds. The molecule has 0 unspecified atom stereocenters.